The van der Waals surface area contributed by atoms with E-state index >= 15 is 4.39 Å². The molecule has 2 aliphatic heterocycles. The number of esters is 1. The first-order valence-electron chi connectivity index (χ1n) is 16.0. The van der Waals surface area contributed by atoms with Gasteiger partial charge in [-0.25, -0.2) is 14.0 Å². The molecule has 2 fully saturated rings. The van der Waals surface area contributed by atoms with Gasteiger partial charge in [0.25, 0.3) is 5.67 Å². The van der Waals surface area contributed by atoms with E-state index in [9.17, 15) is 19.2 Å². The highest BCUT2D eigenvalue weighted by molar-refractivity contribution is 6.08. The van der Waals surface area contributed by atoms with Crippen LogP contribution in [0.2, 0.25) is 0 Å². The van der Waals surface area contributed by atoms with Crippen molar-refractivity contribution in [3.8, 4) is 0 Å². The minimum Gasteiger partial charge on any atom is -0.455 e. The number of nitrogens with zero attached hydrogens (tertiary/aromatic N) is 1. The molecule has 1 N–H and O–H groups in total. The summed E-state index contributed by atoms with van der Waals surface area (Å²) in [5.41, 5.74) is -4.91. The van der Waals surface area contributed by atoms with Crippen molar-refractivity contribution in [3.05, 3.63) is 48.2 Å². The quantitative estimate of drug-likeness (QED) is 0.294. The zero-order chi connectivity index (χ0) is 34.2. The Balaban J connectivity index is 1.71. The maximum absolute atomic E-state index is 16.3. The van der Waals surface area contributed by atoms with Crippen LogP contribution in [0.15, 0.2) is 42.6 Å². The first-order valence-corrected chi connectivity index (χ1v) is 16.0. The van der Waals surface area contributed by atoms with Gasteiger partial charge >= 0.3 is 12.1 Å². The Bertz CT molecular complexity index is 1540. The highest BCUT2D eigenvalue weighted by Gasteiger charge is 2.60. The fourth-order valence-electron chi connectivity index (χ4n) is 6.99. The van der Waals surface area contributed by atoms with Gasteiger partial charge in [-0.3, -0.25) is 14.6 Å². The molecule has 46 heavy (non-hydrogen) atoms. The summed E-state index contributed by atoms with van der Waals surface area (Å²) < 4.78 is 34.1. The fraction of sp³-hybridized carbons (Fsp3) is 0.583. The number of aromatic nitrogens is 1. The van der Waals surface area contributed by atoms with Gasteiger partial charge in [-0.1, -0.05) is 71.9 Å². The molecule has 1 amide bonds. The van der Waals surface area contributed by atoms with E-state index in [1.54, 1.807) is 54.7 Å². The monoisotopic (exact) mass is 638 g/mol. The zero-order valence-electron chi connectivity index (χ0n) is 28.3. The third-order valence-corrected chi connectivity index (χ3v) is 10.7. The third-order valence-electron chi connectivity index (χ3n) is 10.7. The van der Waals surface area contributed by atoms with Crippen LogP contribution in [0.4, 0.5) is 9.18 Å². The van der Waals surface area contributed by atoms with Crippen molar-refractivity contribution < 1.29 is 37.8 Å². The van der Waals surface area contributed by atoms with E-state index in [1.807, 2.05) is 49.4 Å². The van der Waals surface area contributed by atoms with Crippen molar-refractivity contribution in [2.24, 2.45) is 23.2 Å². The van der Waals surface area contributed by atoms with Crippen molar-refractivity contribution >= 4 is 40.6 Å². The van der Waals surface area contributed by atoms with Gasteiger partial charge in [0.05, 0.1) is 23.8 Å². The van der Waals surface area contributed by atoms with Gasteiger partial charge in [0.1, 0.15) is 11.9 Å². The molecule has 1 aromatic carbocycles. The minimum atomic E-state index is -2.99. The van der Waals surface area contributed by atoms with Crippen LogP contribution in [0.25, 0.3) is 17.0 Å². The lowest BCUT2D eigenvalue weighted by atomic mass is 9.61. The lowest BCUT2D eigenvalue weighted by Gasteiger charge is -2.49. The van der Waals surface area contributed by atoms with E-state index in [4.69, 9.17) is 14.2 Å². The second kappa shape index (κ2) is 12.9. The van der Waals surface area contributed by atoms with E-state index in [2.05, 4.69) is 10.3 Å². The van der Waals surface area contributed by atoms with E-state index in [-0.39, 0.29) is 25.2 Å². The number of ether oxygens (including phenoxy) is 3. The maximum Gasteiger partial charge on any atom is 0.408 e. The van der Waals surface area contributed by atoms with Crippen molar-refractivity contribution in [1.29, 1.82) is 0 Å². The summed E-state index contributed by atoms with van der Waals surface area (Å²) in [5, 5.41) is 3.72. The molecule has 2 aromatic rings. The summed E-state index contributed by atoms with van der Waals surface area (Å²) >= 11 is 0. The number of cyclic esters (lactones) is 1. The number of fused-ring (bicyclic) bond motifs is 2. The average Bonchev–Trinajstić information content (AvgIpc) is 3.33. The molecule has 0 spiro atoms. The molecule has 0 aliphatic carbocycles. The molecule has 0 unspecified atom stereocenters. The Morgan fingerprint density at radius 2 is 1.74 bits per heavy atom. The van der Waals surface area contributed by atoms with E-state index in [1.165, 1.54) is 0 Å². The second-order valence-corrected chi connectivity index (χ2v) is 14.0. The van der Waals surface area contributed by atoms with E-state index < -0.39 is 70.0 Å². The fourth-order valence-corrected chi connectivity index (χ4v) is 6.99. The predicted molar refractivity (Wildman–Crippen MR) is 173 cm³/mol. The van der Waals surface area contributed by atoms with Gasteiger partial charge in [-0.15, -0.1) is 0 Å². The Morgan fingerprint density at radius 1 is 1.07 bits per heavy atom. The molecule has 4 rings (SSSR count). The van der Waals surface area contributed by atoms with Crippen molar-refractivity contribution in [2.45, 2.75) is 104 Å². The third kappa shape index (κ3) is 6.33. The van der Waals surface area contributed by atoms with Crippen LogP contribution in [-0.2, 0) is 28.6 Å². The van der Waals surface area contributed by atoms with Crippen LogP contribution in [0.3, 0.4) is 0 Å². The van der Waals surface area contributed by atoms with E-state index in [0.717, 1.165) is 23.4 Å². The lowest BCUT2D eigenvalue weighted by molar-refractivity contribution is -0.184. The van der Waals surface area contributed by atoms with Crippen molar-refractivity contribution in [1.82, 2.24) is 10.3 Å². The molecule has 0 saturated carbocycles. The molecule has 9 nitrogen and oxygen atoms in total. The summed E-state index contributed by atoms with van der Waals surface area (Å²) in [4.78, 5) is 58.2. The smallest absolute Gasteiger partial charge is 0.408 e. The van der Waals surface area contributed by atoms with Crippen molar-refractivity contribution in [3.63, 3.8) is 0 Å². The van der Waals surface area contributed by atoms with Crippen LogP contribution in [0.5, 0.6) is 0 Å². The largest absolute Gasteiger partial charge is 0.455 e. The molecule has 0 bridgehead atoms. The van der Waals surface area contributed by atoms with Gasteiger partial charge in [0.15, 0.2) is 11.4 Å². The number of rotatable bonds is 5. The highest BCUT2D eigenvalue weighted by Crippen LogP contribution is 2.47. The number of hydrogen-bond acceptors (Lipinski definition) is 8. The van der Waals surface area contributed by atoms with E-state index in [0.29, 0.717) is 0 Å². The number of amides is 1. The number of pyridine rings is 1. The zero-order valence-corrected chi connectivity index (χ0v) is 28.3. The molecule has 10 heteroatoms. The number of Topliss-reactive ketones (excluding diaryl/α,β-unsaturated/α-hetero) is 2. The van der Waals surface area contributed by atoms with Crippen LogP contribution < -0.4 is 5.32 Å². The summed E-state index contributed by atoms with van der Waals surface area (Å²) in [7, 11) is 0. The Kier molecular flexibility index (Phi) is 9.84. The van der Waals surface area contributed by atoms with Gasteiger partial charge < -0.3 is 19.5 Å². The molecule has 0 radical (unpaired) electrons. The van der Waals surface area contributed by atoms with Crippen LogP contribution in [0, 0.1) is 23.2 Å². The minimum absolute atomic E-state index is 0.127. The first kappa shape index (κ1) is 35.2. The Labute approximate surface area is 270 Å². The molecule has 2 saturated heterocycles. The average molecular weight is 639 g/mol. The van der Waals surface area contributed by atoms with Crippen LogP contribution in [0.1, 0.15) is 80.7 Å². The number of carbonyl (C=O) groups excluding carboxylic acids is 4. The van der Waals surface area contributed by atoms with Gasteiger partial charge in [-0.2, -0.15) is 0 Å². The molecule has 2 aliphatic rings. The first-order chi connectivity index (χ1) is 21.4. The molecule has 8 atom stereocenters. The summed E-state index contributed by atoms with van der Waals surface area (Å²) in [5.74, 6) is -4.83. The normalized spacial score (nSPS) is 35.7. The number of ketones is 2. The number of alkyl halides is 1. The number of carbonyl (C=O) groups is 4. The molecular weight excluding hydrogens is 591 g/mol. The number of nitrogens with one attached hydrogen (secondary N) is 1. The molecule has 1 aromatic heterocycles. The summed E-state index contributed by atoms with van der Waals surface area (Å²) in [6.07, 6.45) is 3.94. The highest BCUT2D eigenvalue weighted by atomic mass is 19.1. The van der Waals surface area contributed by atoms with Gasteiger partial charge in [0, 0.05) is 34.8 Å². The summed E-state index contributed by atoms with van der Waals surface area (Å²) in [6, 6.07) is 8.94. The standard InChI is InChI=1S/C36H47FN2O7/c1-10-27-36(9)29(39-32(43)46-36)22(3)28(40)21(2)19-34(7,33(5,6)23(4)30(41)35(8,37)31(42)45-27)44-17-13-14-24-18-25-15-11-12-16-26(25)38-20-24/h11-16,18,20-23,27,29H,10,17,19H2,1-9H3,(H,39,43)/b14-13+/t21-,22+,23+,27-,29-,34-,35+,36-/m1/s1. The van der Waals surface area contributed by atoms with Crippen molar-refractivity contribution in [2.75, 3.05) is 6.61 Å². The lowest BCUT2D eigenvalue weighted by Crippen LogP contribution is -2.60. The molecule has 3 heterocycles. The number of para-hydroxylation sites is 1. The SMILES string of the molecule is CC[C@H]1OC(=O)[C@@](C)(F)C(=O)[C@H](C)C(C)(C)[C@](C)(OC/C=C/c2cnc3ccccc3c2)C[C@@H](C)C(=O)[C@H](C)[C@H]2NC(=O)O[C@@]21C. The predicted octanol–water partition coefficient (Wildman–Crippen LogP) is 6.42. The molecular formula is C36H47FN2O7. The Hall–Kier alpha value is -3.66. The summed E-state index contributed by atoms with van der Waals surface area (Å²) in [6.45, 7) is 14.7. The van der Waals surface area contributed by atoms with Gasteiger partial charge in [-0.05, 0) is 51.3 Å². The van der Waals surface area contributed by atoms with Crippen LogP contribution in [-0.4, -0.2) is 64.2 Å². The number of hydrogen-bond donors (Lipinski definition) is 1. The van der Waals surface area contributed by atoms with Gasteiger partial charge in [0.2, 0.25) is 0 Å². The molecule has 250 valence electrons. The number of alkyl carbamates (subject to hydrolysis) is 1. The maximum atomic E-state index is 16.3. The number of benzene rings is 1. The van der Waals surface area contributed by atoms with Crippen LogP contribution >= 0.6 is 0 Å². The topological polar surface area (TPSA) is 121 Å². The number of halogens is 1. The Morgan fingerprint density at radius 3 is 2.41 bits per heavy atom. The second-order valence-electron chi connectivity index (χ2n) is 14.0.